The first-order valence-electron chi connectivity index (χ1n) is 14.9. The van der Waals surface area contributed by atoms with Gasteiger partial charge in [0.05, 0.1) is 38.6 Å². The first kappa shape index (κ1) is 33.1. The Kier molecular flexibility index (Phi) is 13.8. The molecule has 0 radical (unpaired) electrons. The molecule has 0 saturated carbocycles. The predicted octanol–water partition coefficient (Wildman–Crippen LogP) is 6.94. The molecule has 1 unspecified atom stereocenters. The molecule has 1 atom stereocenters. The van der Waals surface area contributed by atoms with Gasteiger partial charge in [-0.05, 0) is 84.8 Å². The summed E-state index contributed by atoms with van der Waals surface area (Å²) >= 11 is 0. The third kappa shape index (κ3) is 11.1. The molecule has 42 heavy (non-hydrogen) atoms. The zero-order valence-corrected chi connectivity index (χ0v) is 25.2. The molecular formula is C35H46O7. The smallest absolute Gasteiger partial charge is 0.343 e. The number of aliphatic hydroxyl groups excluding tert-OH is 2. The number of ether oxygens (including phenoxy) is 4. The average molecular weight is 579 g/mol. The zero-order chi connectivity index (χ0) is 30.2. The molecule has 0 bridgehead atoms. The number of rotatable bonds is 19. The fourth-order valence-corrected chi connectivity index (χ4v) is 3.98. The van der Waals surface area contributed by atoms with Crippen LogP contribution in [0.25, 0.3) is 11.1 Å². The van der Waals surface area contributed by atoms with Crippen LogP contribution in [0.2, 0.25) is 0 Å². The molecule has 7 heteroatoms. The fraction of sp³-hybridized carbons (Fsp3) is 0.457. The summed E-state index contributed by atoms with van der Waals surface area (Å²) in [6, 6.07) is 22.5. The van der Waals surface area contributed by atoms with Crippen LogP contribution in [0.3, 0.4) is 0 Å². The van der Waals surface area contributed by atoms with Crippen LogP contribution in [-0.4, -0.2) is 55.8 Å². The normalized spacial score (nSPS) is 12.1. The lowest BCUT2D eigenvalue weighted by Crippen LogP contribution is -2.31. The Morgan fingerprint density at radius 2 is 1.26 bits per heavy atom. The lowest BCUT2D eigenvalue weighted by molar-refractivity contribution is -0.0169. The predicted molar refractivity (Wildman–Crippen MR) is 165 cm³/mol. The maximum atomic E-state index is 12.6. The molecule has 2 N–H and O–H groups in total. The quantitative estimate of drug-likeness (QED) is 0.0904. The summed E-state index contributed by atoms with van der Waals surface area (Å²) in [5.41, 5.74) is 1.97. The van der Waals surface area contributed by atoms with Crippen LogP contribution < -0.4 is 14.2 Å². The Hall–Kier alpha value is -3.39. The molecule has 7 nitrogen and oxygen atoms in total. The number of esters is 1. The number of hydrogen-bond donors (Lipinski definition) is 2. The summed E-state index contributed by atoms with van der Waals surface area (Å²) in [7, 11) is 0. The lowest BCUT2D eigenvalue weighted by Gasteiger charge is -2.24. The van der Waals surface area contributed by atoms with Crippen LogP contribution in [0.5, 0.6) is 17.2 Å². The van der Waals surface area contributed by atoms with E-state index < -0.39 is 11.4 Å². The highest BCUT2D eigenvalue weighted by atomic mass is 16.5. The molecule has 0 saturated heterocycles. The largest absolute Gasteiger partial charge is 0.494 e. The standard InChI is InChI=1S/C35H46O7/c1-4-27(2)23-41-32-17-13-30(14-18-32)34(38)42-33-19-11-29(12-20-33)28-9-15-31(16-10-28)40-22-8-6-5-7-21-39-26-35(3,24-36)25-37/h9-20,27,36-37H,4-8,21-26H2,1-3H3. The van der Waals surface area contributed by atoms with Crippen LogP contribution in [0.4, 0.5) is 0 Å². The molecule has 3 aromatic rings. The molecule has 0 heterocycles. The van der Waals surface area contributed by atoms with Crippen molar-refractivity contribution in [1.29, 1.82) is 0 Å². The second kappa shape index (κ2) is 17.5. The highest BCUT2D eigenvalue weighted by Gasteiger charge is 2.22. The van der Waals surface area contributed by atoms with Crippen molar-refractivity contribution >= 4 is 5.97 Å². The Morgan fingerprint density at radius 1 is 0.738 bits per heavy atom. The summed E-state index contributed by atoms with van der Waals surface area (Å²) in [5.74, 6) is 2.14. The second-order valence-corrected chi connectivity index (χ2v) is 11.2. The van der Waals surface area contributed by atoms with Gasteiger partial charge in [0.1, 0.15) is 17.2 Å². The molecule has 0 aromatic heterocycles. The molecule has 3 rings (SSSR count). The molecule has 0 aliphatic rings. The van der Waals surface area contributed by atoms with Crippen LogP contribution in [0, 0.1) is 11.3 Å². The van der Waals surface area contributed by atoms with Gasteiger partial charge in [0.15, 0.2) is 0 Å². The minimum Gasteiger partial charge on any atom is -0.494 e. The Morgan fingerprint density at radius 3 is 1.83 bits per heavy atom. The molecule has 0 spiro atoms. The van der Waals surface area contributed by atoms with E-state index in [1.54, 1.807) is 43.3 Å². The van der Waals surface area contributed by atoms with E-state index in [1.807, 2.05) is 36.4 Å². The molecule has 0 fully saturated rings. The van der Waals surface area contributed by atoms with Crippen molar-refractivity contribution in [3.05, 3.63) is 78.4 Å². The molecule has 228 valence electrons. The van der Waals surface area contributed by atoms with Gasteiger partial charge in [0, 0.05) is 12.0 Å². The van der Waals surface area contributed by atoms with E-state index in [-0.39, 0.29) is 13.2 Å². The van der Waals surface area contributed by atoms with Gasteiger partial charge in [-0.1, -0.05) is 57.9 Å². The summed E-state index contributed by atoms with van der Waals surface area (Å²) in [6.45, 7) is 8.21. The Labute approximate surface area is 250 Å². The van der Waals surface area contributed by atoms with E-state index in [2.05, 4.69) is 13.8 Å². The third-order valence-corrected chi connectivity index (χ3v) is 7.24. The maximum absolute atomic E-state index is 12.6. The first-order valence-corrected chi connectivity index (χ1v) is 14.9. The third-order valence-electron chi connectivity index (χ3n) is 7.24. The molecular weight excluding hydrogens is 532 g/mol. The SMILES string of the molecule is CCC(C)COc1ccc(C(=O)Oc2ccc(-c3ccc(OCCCCCCOCC(C)(CO)CO)cc3)cc2)cc1. The van der Waals surface area contributed by atoms with Crippen LogP contribution in [-0.2, 0) is 4.74 Å². The average Bonchev–Trinajstić information content (AvgIpc) is 3.03. The number of benzene rings is 3. The van der Waals surface area contributed by atoms with Crippen molar-refractivity contribution in [2.75, 3.05) is 39.6 Å². The van der Waals surface area contributed by atoms with Gasteiger partial charge in [0.2, 0.25) is 0 Å². The summed E-state index contributed by atoms with van der Waals surface area (Å²) in [6.07, 6.45) is 5.06. The van der Waals surface area contributed by atoms with Gasteiger partial charge in [-0.25, -0.2) is 4.79 Å². The van der Waals surface area contributed by atoms with Crippen molar-refractivity contribution < 1.29 is 34.0 Å². The van der Waals surface area contributed by atoms with Gasteiger partial charge >= 0.3 is 5.97 Å². The van der Waals surface area contributed by atoms with Crippen molar-refractivity contribution in [3.8, 4) is 28.4 Å². The Balaban J connectivity index is 1.35. The van der Waals surface area contributed by atoms with Crippen molar-refractivity contribution in [1.82, 2.24) is 0 Å². The number of aliphatic hydroxyl groups is 2. The van der Waals surface area contributed by atoms with E-state index >= 15 is 0 Å². The van der Waals surface area contributed by atoms with Crippen molar-refractivity contribution in [2.45, 2.75) is 52.9 Å². The van der Waals surface area contributed by atoms with E-state index in [0.717, 1.165) is 54.7 Å². The van der Waals surface area contributed by atoms with E-state index in [1.165, 1.54) is 0 Å². The number of hydrogen-bond acceptors (Lipinski definition) is 7. The van der Waals surface area contributed by atoms with Crippen molar-refractivity contribution in [3.63, 3.8) is 0 Å². The molecule has 3 aromatic carbocycles. The van der Waals surface area contributed by atoms with Gasteiger partial charge in [-0.3, -0.25) is 0 Å². The number of carbonyl (C=O) groups excluding carboxylic acids is 1. The number of carbonyl (C=O) groups is 1. The maximum Gasteiger partial charge on any atom is 0.343 e. The lowest BCUT2D eigenvalue weighted by atomic mass is 9.95. The van der Waals surface area contributed by atoms with Crippen LogP contribution in [0.15, 0.2) is 72.8 Å². The second-order valence-electron chi connectivity index (χ2n) is 11.2. The van der Waals surface area contributed by atoms with Crippen LogP contribution in [0.1, 0.15) is 63.2 Å². The number of unbranched alkanes of at least 4 members (excludes halogenated alkanes) is 3. The highest BCUT2D eigenvalue weighted by Crippen LogP contribution is 2.25. The molecule has 0 aliphatic carbocycles. The van der Waals surface area contributed by atoms with Gasteiger partial charge < -0.3 is 29.2 Å². The summed E-state index contributed by atoms with van der Waals surface area (Å²) < 4.78 is 22.8. The fourth-order valence-electron chi connectivity index (χ4n) is 3.98. The summed E-state index contributed by atoms with van der Waals surface area (Å²) in [5, 5.41) is 18.6. The van der Waals surface area contributed by atoms with E-state index in [9.17, 15) is 15.0 Å². The minimum absolute atomic E-state index is 0.0863. The van der Waals surface area contributed by atoms with Gasteiger partial charge in [-0.2, -0.15) is 0 Å². The first-order chi connectivity index (χ1) is 20.4. The van der Waals surface area contributed by atoms with Crippen LogP contribution >= 0.6 is 0 Å². The van der Waals surface area contributed by atoms with Crippen molar-refractivity contribution in [2.24, 2.45) is 11.3 Å². The van der Waals surface area contributed by atoms with Gasteiger partial charge in [0.25, 0.3) is 0 Å². The topological polar surface area (TPSA) is 94.5 Å². The Bertz CT molecular complexity index is 1170. The zero-order valence-electron chi connectivity index (χ0n) is 25.2. The molecule has 0 aliphatic heterocycles. The highest BCUT2D eigenvalue weighted by molar-refractivity contribution is 5.91. The monoisotopic (exact) mass is 578 g/mol. The van der Waals surface area contributed by atoms with Gasteiger partial charge in [-0.15, -0.1) is 0 Å². The van der Waals surface area contributed by atoms with E-state index in [0.29, 0.717) is 43.7 Å². The molecule has 0 amide bonds. The summed E-state index contributed by atoms with van der Waals surface area (Å²) in [4.78, 5) is 12.6. The van der Waals surface area contributed by atoms with E-state index in [4.69, 9.17) is 18.9 Å². The minimum atomic E-state index is -0.571.